The predicted molar refractivity (Wildman–Crippen MR) is 92.3 cm³/mol. The van der Waals surface area contributed by atoms with E-state index >= 15 is 0 Å². The second kappa shape index (κ2) is 8.34. The minimum atomic E-state index is -0.517. The smallest absolute Gasteiger partial charge is 0.270 e. The molecule has 0 aromatic heterocycles. The first kappa shape index (κ1) is 17.8. The zero-order chi connectivity index (χ0) is 18.2. The van der Waals surface area contributed by atoms with Gasteiger partial charge in [-0.15, -0.1) is 0 Å². The van der Waals surface area contributed by atoms with Gasteiger partial charge in [0, 0.05) is 23.3 Å². The Morgan fingerprint density at radius 1 is 1.20 bits per heavy atom. The highest BCUT2D eigenvalue weighted by Gasteiger charge is 2.09. The van der Waals surface area contributed by atoms with Crippen LogP contribution in [-0.2, 0) is 4.79 Å². The van der Waals surface area contributed by atoms with Crippen LogP contribution in [0, 0.1) is 17.0 Å². The van der Waals surface area contributed by atoms with Gasteiger partial charge in [-0.2, -0.15) is 5.10 Å². The van der Waals surface area contributed by atoms with E-state index in [4.69, 9.17) is 0 Å². The third-order valence-electron chi connectivity index (χ3n) is 3.28. The fraction of sp³-hybridized carbons (Fsp3) is 0.118. The molecule has 0 spiro atoms. The van der Waals surface area contributed by atoms with E-state index in [0.717, 1.165) is 5.56 Å². The van der Waals surface area contributed by atoms with E-state index in [1.807, 2.05) is 6.07 Å². The maximum Gasteiger partial charge on any atom is 0.270 e. The van der Waals surface area contributed by atoms with Crippen molar-refractivity contribution in [1.29, 1.82) is 0 Å². The molecule has 0 aliphatic carbocycles. The van der Waals surface area contributed by atoms with Crippen LogP contribution < -0.4 is 10.7 Å². The maximum absolute atomic E-state index is 12.0. The lowest BCUT2D eigenvalue weighted by atomic mass is 10.1. The van der Waals surface area contributed by atoms with Gasteiger partial charge in [-0.05, 0) is 18.6 Å². The van der Waals surface area contributed by atoms with Crippen molar-refractivity contribution in [2.24, 2.45) is 5.10 Å². The highest BCUT2D eigenvalue weighted by atomic mass is 16.6. The summed E-state index contributed by atoms with van der Waals surface area (Å²) < 4.78 is 0. The number of rotatable bonds is 6. The van der Waals surface area contributed by atoms with Gasteiger partial charge < -0.3 is 5.32 Å². The number of hydrazone groups is 1. The molecule has 0 radical (unpaired) electrons. The molecule has 25 heavy (non-hydrogen) atoms. The molecule has 2 aromatic rings. The van der Waals surface area contributed by atoms with Crippen molar-refractivity contribution < 1.29 is 14.5 Å². The van der Waals surface area contributed by atoms with Crippen molar-refractivity contribution in [2.45, 2.75) is 6.92 Å². The van der Waals surface area contributed by atoms with Gasteiger partial charge in [0.05, 0.1) is 17.7 Å². The van der Waals surface area contributed by atoms with Crippen LogP contribution in [0.15, 0.2) is 53.6 Å². The third kappa shape index (κ3) is 5.24. The molecule has 0 heterocycles. The van der Waals surface area contributed by atoms with Gasteiger partial charge in [-0.25, -0.2) is 5.43 Å². The summed E-state index contributed by atoms with van der Waals surface area (Å²) in [5.74, 6) is -0.862. The summed E-state index contributed by atoms with van der Waals surface area (Å²) in [6.07, 6.45) is 1.29. The molecule has 2 rings (SSSR count). The van der Waals surface area contributed by atoms with Crippen molar-refractivity contribution >= 4 is 23.7 Å². The van der Waals surface area contributed by atoms with Crippen LogP contribution in [0.3, 0.4) is 0 Å². The number of hydrogen-bond donors (Lipinski definition) is 2. The van der Waals surface area contributed by atoms with Crippen LogP contribution in [-0.4, -0.2) is 29.5 Å². The summed E-state index contributed by atoms with van der Waals surface area (Å²) in [5.41, 5.74) is 3.95. The number of non-ortho nitro benzene ring substituents is 1. The molecule has 0 saturated heterocycles. The molecule has 2 amide bonds. The summed E-state index contributed by atoms with van der Waals surface area (Å²) in [6, 6.07) is 12.9. The first-order valence-electron chi connectivity index (χ1n) is 7.37. The fourth-order valence-corrected chi connectivity index (χ4v) is 2.02. The van der Waals surface area contributed by atoms with Crippen molar-refractivity contribution in [2.75, 3.05) is 6.54 Å². The molecule has 0 aliphatic rings. The number of amides is 2. The molecule has 0 atom stereocenters. The summed E-state index contributed by atoms with van der Waals surface area (Å²) >= 11 is 0. The Kier molecular flexibility index (Phi) is 5.94. The monoisotopic (exact) mass is 340 g/mol. The Hall–Kier alpha value is -3.55. The van der Waals surface area contributed by atoms with Gasteiger partial charge in [-0.3, -0.25) is 19.7 Å². The van der Waals surface area contributed by atoms with Crippen LogP contribution >= 0.6 is 0 Å². The van der Waals surface area contributed by atoms with Crippen LogP contribution in [0.25, 0.3) is 0 Å². The Bertz CT molecular complexity index is 833. The molecule has 8 heteroatoms. The lowest BCUT2D eigenvalue weighted by Gasteiger charge is -2.06. The number of nitro groups is 1. The molecule has 0 unspecified atom stereocenters. The fourth-order valence-electron chi connectivity index (χ4n) is 2.02. The van der Waals surface area contributed by atoms with Gasteiger partial charge in [0.2, 0.25) is 0 Å². The molecule has 0 aliphatic heterocycles. The first-order valence-corrected chi connectivity index (χ1v) is 7.37. The van der Waals surface area contributed by atoms with Crippen molar-refractivity contribution in [3.05, 3.63) is 75.3 Å². The third-order valence-corrected chi connectivity index (χ3v) is 3.28. The number of benzene rings is 2. The molecule has 2 N–H and O–H groups in total. The topological polar surface area (TPSA) is 114 Å². The zero-order valence-corrected chi connectivity index (χ0v) is 13.4. The summed E-state index contributed by atoms with van der Waals surface area (Å²) in [7, 11) is 0. The van der Waals surface area contributed by atoms with Crippen LogP contribution in [0.1, 0.15) is 21.5 Å². The Balaban J connectivity index is 1.84. The number of nitrogens with zero attached hydrogens (tertiary/aromatic N) is 2. The zero-order valence-electron chi connectivity index (χ0n) is 13.4. The Morgan fingerprint density at radius 3 is 2.68 bits per heavy atom. The van der Waals surface area contributed by atoms with Gasteiger partial charge in [0.25, 0.3) is 17.5 Å². The lowest BCUT2D eigenvalue weighted by Crippen LogP contribution is -2.35. The number of nitro benzene ring substituents is 1. The molecule has 0 fully saturated rings. The number of hydrogen-bond acceptors (Lipinski definition) is 5. The summed E-state index contributed by atoms with van der Waals surface area (Å²) in [4.78, 5) is 33.8. The lowest BCUT2D eigenvalue weighted by molar-refractivity contribution is -0.384. The first-order chi connectivity index (χ1) is 12.0. The largest absolute Gasteiger partial charge is 0.343 e. The average molecular weight is 340 g/mol. The minimum Gasteiger partial charge on any atom is -0.343 e. The molecule has 2 aromatic carbocycles. The number of nitrogens with one attached hydrogen (secondary N) is 2. The normalized spacial score (nSPS) is 10.4. The quantitative estimate of drug-likeness (QED) is 0.474. The molecule has 0 bridgehead atoms. The Labute approximate surface area is 143 Å². The summed E-state index contributed by atoms with van der Waals surface area (Å²) in [5, 5.41) is 16.9. The van der Waals surface area contributed by atoms with E-state index in [1.54, 1.807) is 31.2 Å². The number of carbonyl (C=O) groups excluding carboxylic acids is 2. The van der Waals surface area contributed by atoms with Crippen molar-refractivity contribution in [1.82, 2.24) is 10.7 Å². The van der Waals surface area contributed by atoms with Gasteiger partial charge >= 0.3 is 0 Å². The SMILES string of the molecule is Cc1ccccc1C(=O)NCC(=O)N/N=C/c1cccc([N+](=O)[O-])c1. The highest BCUT2D eigenvalue weighted by Crippen LogP contribution is 2.11. The molecule has 0 saturated carbocycles. The molecular formula is C17H16N4O4. The average Bonchev–Trinajstić information content (AvgIpc) is 2.60. The van der Waals surface area contributed by atoms with Gasteiger partial charge in [0.15, 0.2) is 0 Å². The molecular weight excluding hydrogens is 324 g/mol. The summed E-state index contributed by atoms with van der Waals surface area (Å²) in [6.45, 7) is 1.57. The van der Waals surface area contributed by atoms with Gasteiger partial charge in [-0.1, -0.05) is 30.3 Å². The standard InChI is InChI=1S/C17H16N4O4/c1-12-5-2-3-8-15(12)17(23)18-11-16(22)20-19-10-13-6-4-7-14(9-13)21(24)25/h2-10H,11H2,1H3,(H,18,23)(H,20,22)/b19-10+. The Morgan fingerprint density at radius 2 is 1.96 bits per heavy atom. The van der Waals surface area contributed by atoms with E-state index in [0.29, 0.717) is 11.1 Å². The van der Waals surface area contributed by atoms with Crippen LogP contribution in [0.5, 0.6) is 0 Å². The van der Waals surface area contributed by atoms with Crippen molar-refractivity contribution in [3.8, 4) is 0 Å². The second-order valence-electron chi connectivity index (χ2n) is 5.14. The van der Waals surface area contributed by atoms with E-state index in [1.165, 1.54) is 24.4 Å². The second-order valence-corrected chi connectivity index (χ2v) is 5.14. The van der Waals surface area contributed by atoms with E-state index < -0.39 is 10.8 Å². The maximum atomic E-state index is 12.0. The molecule has 128 valence electrons. The highest BCUT2D eigenvalue weighted by molar-refractivity contribution is 5.97. The minimum absolute atomic E-state index is 0.0687. The predicted octanol–water partition coefficient (Wildman–Crippen LogP) is 1.78. The van der Waals surface area contributed by atoms with E-state index in [-0.39, 0.29) is 18.1 Å². The van der Waals surface area contributed by atoms with E-state index in [2.05, 4.69) is 15.8 Å². The number of carbonyl (C=O) groups is 2. The molecule has 8 nitrogen and oxygen atoms in total. The van der Waals surface area contributed by atoms with Crippen LogP contribution in [0.2, 0.25) is 0 Å². The van der Waals surface area contributed by atoms with Gasteiger partial charge in [0.1, 0.15) is 0 Å². The van der Waals surface area contributed by atoms with Crippen molar-refractivity contribution in [3.63, 3.8) is 0 Å². The van der Waals surface area contributed by atoms with Crippen LogP contribution in [0.4, 0.5) is 5.69 Å². The van der Waals surface area contributed by atoms with E-state index in [9.17, 15) is 19.7 Å². The number of aryl methyl sites for hydroxylation is 1.